The molecule has 1 unspecified atom stereocenters. The first-order valence-electron chi connectivity index (χ1n) is 6.49. The number of hydrogen-bond donors (Lipinski definition) is 6. The van der Waals surface area contributed by atoms with E-state index < -0.39 is 43.3 Å². The van der Waals surface area contributed by atoms with Crippen molar-refractivity contribution in [1.29, 1.82) is 0 Å². The van der Waals surface area contributed by atoms with E-state index in [1.807, 2.05) is 0 Å². The predicted molar refractivity (Wildman–Crippen MR) is 71.9 cm³/mol. The van der Waals surface area contributed by atoms with Crippen molar-refractivity contribution in [1.82, 2.24) is 0 Å². The molecule has 0 radical (unpaired) electrons. The topological polar surface area (TPSA) is 149 Å². The molecular formula is C13H17NO8. The SMILES string of the molecule is O=C(O)c1ccc(NOC2O[C@H](CO)[C@@H](O)[C@H](O)[C@H]2O)cc1. The molecule has 0 spiro atoms. The molecular weight excluding hydrogens is 298 g/mol. The van der Waals surface area contributed by atoms with Crippen LogP contribution in [0.5, 0.6) is 0 Å². The number of aliphatic hydroxyl groups is 4. The van der Waals surface area contributed by atoms with Crippen LogP contribution >= 0.6 is 0 Å². The van der Waals surface area contributed by atoms with Crippen LogP contribution in [0.25, 0.3) is 0 Å². The Labute approximate surface area is 125 Å². The smallest absolute Gasteiger partial charge is 0.335 e. The zero-order chi connectivity index (χ0) is 16.3. The van der Waals surface area contributed by atoms with E-state index in [1.165, 1.54) is 24.3 Å². The number of benzene rings is 1. The number of hydrogen-bond acceptors (Lipinski definition) is 8. The highest BCUT2D eigenvalue weighted by atomic mass is 16.8. The van der Waals surface area contributed by atoms with Crippen LogP contribution in [-0.2, 0) is 9.57 Å². The van der Waals surface area contributed by atoms with Gasteiger partial charge in [-0.05, 0) is 24.3 Å². The molecule has 0 bridgehead atoms. The molecule has 122 valence electrons. The van der Waals surface area contributed by atoms with Gasteiger partial charge < -0.3 is 30.3 Å². The third kappa shape index (κ3) is 3.53. The molecule has 5 atom stereocenters. The summed E-state index contributed by atoms with van der Waals surface area (Å²) in [5.41, 5.74) is 2.93. The number of carboxylic acid groups (broad SMARTS) is 1. The van der Waals surface area contributed by atoms with Gasteiger partial charge in [-0.15, -0.1) is 0 Å². The summed E-state index contributed by atoms with van der Waals surface area (Å²) in [6, 6.07) is 5.57. The third-order valence-electron chi connectivity index (χ3n) is 3.27. The highest BCUT2D eigenvalue weighted by Gasteiger charge is 2.44. The Bertz CT molecular complexity index is 505. The zero-order valence-corrected chi connectivity index (χ0v) is 11.4. The van der Waals surface area contributed by atoms with Crippen LogP contribution in [0.4, 0.5) is 5.69 Å². The van der Waals surface area contributed by atoms with Crippen molar-refractivity contribution in [2.75, 3.05) is 12.1 Å². The molecule has 1 heterocycles. The van der Waals surface area contributed by atoms with Gasteiger partial charge in [-0.2, -0.15) is 0 Å². The van der Waals surface area contributed by atoms with E-state index in [0.29, 0.717) is 5.69 Å². The fourth-order valence-corrected chi connectivity index (χ4v) is 1.97. The summed E-state index contributed by atoms with van der Waals surface area (Å²) in [6.45, 7) is -0.557. The second-order valence-electron chi connectivity index (χ2n) is 4.80. The summed E-state index contributed by atoms with van der Waals surface area (Å²) in [7, 11) is 0. The first-order chi connectivity index (χ1) is 10.4. The maximum absolute atomic E-state index is 10.7. The van der Waals surface area contributed by atoms with Gasteiger partial charge in [0.05, 0.1) is 17.9 Å². The fourth-order valence-electron chi connectivity index (χ4n) is 1.97. The van der Waals surface area contributed by atoms with E-state index in [9.17, 15) is 20.1 Å². The number of rotatable bonds is 5. The summed E-state index contributed by atoms with van der Waals surface area (Å²) < 4.78 is 5.13. The van der Waals surface area contributed by atoms with Crippen molar-refractivity contribution in [3.8, 4) is 0 Å². The quantitative estimate of drug-likeness (QED) is 0.358. The zero-order valence-electron chi connectivity index (χ0n) is 11.4. The molecule has 0 amide bonds. The Morgan fingerprint density at radius 1 is 1.14 bits per heavy atom. The summed E-state index contributed by atoms with van der Waals surface area (Å²) in [4.78, 5) is 15.8. The lowest BCUT2D eigenvalue weighted by molar-refractivity contribution is -0.294. The van der Waals surface area contributed by atoms with E-state index in [1.54, 1.807) is 0 Å². The molecule has 6 N–H and O–H groups in total. The van der Waals surface area contributed by atoms with Crippen molar-refractivity contribution >= 4 is 11.7 Å². The fraction of sp³-hybridized carbons (Fsp3) is 0.462. The molecule has 0 aromatic heterocycles. The maximum atomic E-state index is 10.7. The summed E-state index contributed by atoms with van der Waals surface area (Å²) in [5.74, 6) is -1.07. The van der Waals surface area contributed by atoms with Crippen LogP contribution in [0.2, 0.25) is 0 Å². The van der Waals surface area contributed by atoms with Gasteiger partial charge in [-0.1, -0.05) is 0 Å². The van der Waals surface area contributed by atoms with Crippen LogP contribution < -0.4 is 5.48 Å². The van der Waals surface area contributed by atoms with Gasteiger partial charge in [0.1, 0.15) is 24.4 Å². The Morgan fingerprint density at radius 2 is 1.77 bits per heavy atom. The molecule has 1 aromatic carbocycles. The summed E-state index contributed by atoms with van der Waals surface area (Å²) >= 11 is 0. The molecule has 2 rings (SSSR count). The van der Waals surface area contributed by atoms with Crippen LogP contribution in [0, 0.1) is 0 Å². The minimum absolute atomic E-state index is 0.0957. The molecule has 1 aliphatic heterocycles. The lowest BCUT2D eigenvalue weighted by Gasteiger charge is -2.39. The summed E-state index contributed by atoms with van der Waals surface area (Å²) in [6.07, 6.45) is -6.92. The van der Waals surface area contributed by atoms with Crippen LogP contribution in [0.15, 0.2) is 24.3 Å². The molecule has 1 fully saturated rings. The highest BCUT2D eigenvalue weighted by molar-refractivity contribution is 5.87. The van der Waals surface area contributed by atoms with Gasteiger partial charge in [-0.25, -0.2) is 9.63 Å². The van der Waals surface area contributed by atoms with E-state index in [4.69, 9.17) is 19.8 Å². The molecule has 0 aliphatic carbocycles. The lowest BCUT2D eigenvalue weighted by Crippen LogP contribution is -2.59. The van der Waals surface area contributed by atoms with Gasteiger partial charge >= 0.3 is 5.97 Å². The van der Waals surface area contributed by atoms with Gasteiger partial charge in [0.2, 0.25) is 6.29 Å². The first-order valence-corrected chi connectivity index (χ1v) is 6.49. The largest absolute Gasteiger partial charge is 0.478 e. The number of carboxylic acids is 1. The Hall–Kier alpha value is -1.75. The molecule has 1 saturated heterocycles. The van der Waals surface area contributed by atoms with Crippen LogP contribution in [0.3, 0.4) is 0 Å². The van der Waals surface area contributed by atoms with Crippen molar-refractivity contribution in [3.63, 3.8) is 0 Å². The monoisotopic (exact) mass is 315 g/mol. The average molecular weight is 315 g/mol. The van der Waals surface area contributed by atoms with E-state index >= 15 is 0 Å². The number of nitrogens with one attached hydrogen (secondary N) is 1. The van der Waals surface area contributed by atoms with Gasteiger partial charge in [-0.3, -0.25) is 5.48 Å². The third-order valence-corrected chi connectivity index (χ3v) is 3.27. The molecule has 1 aliphatic rings. The van der Waals surface area contributed by atoms with Crippen molar-refractivity contribution in [3.05, 3.63) is 29.8 Å². The van der Waals surface area contributed by atoms with Gasteiger partial charge in [0.25, 0.3) is 0 Å². The number of aromatic carboxylic acids is 1. The number of carbonyl (C=O) groups is 1. The normalized spacial score (nSPS) is 31.7. The van der Waals surface area contributed by atoms with Gasteiger partial charge in [0.15, 0.2) is 0 Å². The molecule has 0 saturated carbocycles. The van der Waals surface area contributed by atoms with Crippen molar-refractivity contribution in [2.45, 2.75) is 30.7 Å². The molecule has 22 heavy (non-hydrogen) atoms. The maximum Gasteiger partial charge on any atom is 0.335 e. The van der Waals surface area contributed by atoms with E-state index in [2.05, 4.69) is 5.48 Å². The molecule has 1 aromatic rings. The summed E-state index contributed by atoms with van der Waals surface area (Å²) in [5, 5.41) is 46.8. The number of aliphatic hydroxyl groups excluding tert-OH is 4. The first kappa shape index (κ1) is 16.6. The molecule has 9 nitrogen and oxygen atoms in total. The Balaban J connectivity index is 1.96. The minimum atomic E-state index is -1.54. The van der Waals surface area contributed by atoms with Crippen molar-refractivity contribution < 1.29 is 39.9 Å². The second kappa shape index (κ2) is 7.01. The Morgan fingerprint density at radius 3 is 2.32 bits per heavy atom. The lowest BCUT2D eigenvalue weighted by atomic mass is 9.99. The standard InChI is InChI=1S/C13H17NO8/c15-5-8-9(16)10(17)11(18)13(21-8)22-14-7-3-1-6(2-4-7)12(19)20/h1-4,8-11,13-18H,5H2,(H,19,20)/t8-,9-,10+,11-,13?/m1/s1. The Kier molecular flexibility index (Phi) is 5.29. The molecule has 9 heteroatoms. The van der Waals surface area contributed by atoms with Crippen molar-refractivity contribution in [2.24, 2.45) is 0 Å². The van der Waals surface area contributed by atoms with E-state index in [-0.39, 0.29) is 5.56 Å². The van der Waals surface area contributed by atoms with Gasteiger partial charge in [0, 0.05) is 0 Å². The second-order valence-corrected chi connectivity index (χ2v) is 4.80. The number of anilines is 1. The highest BCUT2D eigenvalue weighted by Crippen LogP contribution is 2.22. The van der Waals surface area contributed by atoms with Crippen LogP contribution in [0.1, 0.15) is 10.4 Å². The average Bonchev–Trinajstić information content (AvgIpc) is 2.52. The van der Waals surface area contributed by atoms with Crippen LogP contribution in [-0.4, -0.2) is 68.8 Å². The number of ether oxygens (including phenoxy) is 1. The van der Waals surface area contributed by atoms with E-state index in [0.717, 1.165) is 0 Å². The predicted octanol–water partition coefficient (Wildman–Crippen LogP) is -1.47. The minimum Gasteiger partial charge on any atom is -0.478 e.